The van der Waals surface area contributed by atoms with Crippen LogP contribution < -0.4 is 5.32 Å². The first-order valence-corrected chi connectivity index (χ1v) is 11.9. The van der Waals surface area contributed by atoms with Crippen molar-refractivity contribution in [1.29, 1.82) is 0 Å². The summed E-state index contributed by atoms with van der Waals surface area (Å²) >= 11 is 2.24. The number of thioether (sulfide) groups is 2. The molecule has 2 heterocycles. The lowest BCUT2D eigenvalue weighted by Crippen LogP contribution is -2.37. The maximum atomic E-state index is 13.9. The molecule has 0 spiro atoms. The molecule has 0 bridgehead atoms. The summed E-state index contributed by atoms with van der Waals surface area (Å²) < 4.78 is 19.2. The standard InChI is InChI=1S/C24H19FN2O4S2/c25-19-9-3-1-6-16(19)14-21-23(29)27(24(30)33-21)12-11-26-22(28)18-8-2-4-10-20(18)32-15-17-7-5-13-31-17/h1-10,13-14H,11-12,15H2,(H,26,28)/b21-14-. The average molecular weight is 483 g/mol. The van der Waals surface area contributed by atoms with Crippen molar-refractivity contribution in [3.8, 4) is 0 Å². The van der Waals surface area contributed by atoms with E-state index in [1.807, 2.05) is 24.3 Å². The Bertz CT molecular complexity index is 1210. The van der Waals surface area contributed by atoms with E-state index in [1.54, 1.807) is 30.5 Å². The third kappa shape index (κ3) is 5.55. The summed E-state index contributed by atoms with van der Waals surface area (Å²) in [4.78, 5) is 39.6. The molecule has 0 radical (unpaired) electrons. The van der Waals surface area contributed by atoms with Crippen LogP contribution in [0, 0.1) is 5.82 Å². The molecule has 33 heavy (non-hydrogen) atoms. The van der Waals surface area contributed by atoms with Crippen LogP contribution in [-0.2, 0) is 10.5 Å². The van der Waals surface area contributed by atoms with E-state index in [4.69, 9.17) is 4.42 Å². The van der Waals surface area contributed by atoms with Crippen LogP contribution >= 0.6 is 23.5 Å². The predicted octanol–water partition coefficient (Wildman–Crippen LogP) is 5.18. The van der Waals surface area contributed by atoms with Crippen LogP contribution in [0.15, 0.2) is 81.1 Å². The van der Waals surface area contributed by atoms with Crippen molar-refractivity contribution in [3.05, 3.63) is 94.5 Å². The molecule has 1 fully saturated rings. The summed E-state index contributed by atoms with van der Waals surface area (Å²) in [5.41, 5.74) is 0.739. The number of nitrogens with one attached hydrogen (secondary N) is 1. The molecule has 9 heteroatoms. The van der Waals surface area contributed by atoms with E-state index in [9.17, 15) is 18.8 Å². The predicted molar refractivity (Wildman–Crippen MR) is 126 cm³/mol. The van der Waals surface area contributed by atoms with Gasteiger partial charge >= 0.3 is 0 Å². The molecule has 1 aliphatic rings. The van der Waals surface area contributed by atoms with Crippen LogP contribution in [0.3, 0.4) is 0 Å². The summed E-state index contributed by atoms with van der Waals surface area (Å²) in [6, 6.07) is 16.9. The topological polar surface area (TPSA) is 79.6 Å². The quantitative estimate of drug-likeness (QED) is 0.352. The van der Waals surface area contributed by atoms with Gasteiger partial charge < -0.3 is 9.73 Å². The minimum atomic E-state index is -0.503. The van der Waals surface area contributed by atoms with Crippen LogP contribution in [0.2, 0.25) is 0 Å². The van der Waals surface area contributed by atoms with Gasteiger partial charge in [0.15, 0.2) is 0 Å². The molecule has 168 valence electrons. The highest BCUT2D eigenvalue weighted by molar-refractivity contribution is 8.18. The Morgan fingerprint density at radius 3 is 2.67 bits per heavy atom. The van der Waals surface area contributed by atoms with Crippen LogP contribution in [0.1, 0.15) is 21.7 Å². The van der Waals surface area contributed by atoms with Gasteiger partial charge in [0, 0.05) is 23.5 Å². The average Bonchev–Trinajstić information content (AvgIpc) is 3.43. The van der Waals surface area contributed by atoms with Gasteiger partial charge in [-0.15, -0.1) is 11.8 Å². The van der Waals surface area contributed by atoms with Crippen molar-refractivity contribution in [2.24, 2.45) is 0 Å². The van der Waals surface area contributed by atoms with Gasteiger partial charge in [-0.05, 0) is 48.2 Å². The summed E-state index contributed by atoms with van der Waals surface area (Å²) in [6.45, 7) is 0.119. The normalized spacial score (nSPS) is 14.8. The van der Waals surface area contributed by atoms with Crippen LogP contribution in [0.25, 0.3) is 6.08 Å². The number of hydrogen-bond acceptors (Lipinski definition) is 6. The molecule has 0 saturated carbocycles. The highest BCUT2D eigenvalue weighted by Crippen LogP contribution is 2.32. The first kappa shape index (κ1) is 22.9. The Morgan fingerprint density at radius 1 is 1.09 bits per heavy atom. The minimum Gasteiger partial charge on any atom is -0.468 e. The summed E-state index contributed by atoms with van der Waals surface area (Å²) in [7, 11) is 0. The maximum absolute atomic E-state index is 13.9. The fourth-order valence-corrected chi connectivity index (χ4v) is 4.94. The zero-order valence-electron chi connectivity index (χ0n) is 17.3. The third-order valence-electron chi connectivity index (χ3n) is 4.77. The van der Waals surface area contributed by atoms with Crippen LogP contribution in [0.4, 0.5) is 9.18 Å². The second-order valence-corrected chi connectivity index (χ2v) is 8.99. The summed E-state index contributed by atoms with van der Waals surface area (Å²) in [6.07, 6.45) is 2.97. The van der Waals surface area contributed by atoms with Gasteiger partial charge in [0.2, 0.25) is 0 Å². The van der Waals surface area contributed by atoms with Crippen LogP contribution in [0.5, 0.6) is 0 Å². The van der Waals surface area contributed by atoms with Gasteiger partial charge in [-0.25, -0.2) is 4.39 Å². The maximum Gasteiger partial charge on any atom is 0.293 e. The van der Waals surface area contributed by atoms with E-state index >= 15 is 0 Å². The molecule has 3 aromatic rings. The first-order valence-electron chi connectivity index (χ1n) is 10.1. The molecule has 0 unspecified atom stereocenters. The number of furan rings is 1. The number of carbonyl (C=O) groups excluding carboxylic acids is 3. The molecule has 3 amide bonds. The van der Waals surface area contributed by atoms with Gasteiger partial charge in [-0.2, -0.15) is 0 Å². The lowest BCUT2D eigenvalue weighted by atomic mass is 10.2. The fraction of sp³-hybridized carbons (Fsp3) is 0.125. The zero-order valence-corrected chi connectivity index (χ0v) is 19.0. The smallest absolute Gasteiger partial charge is 0.293 e. The lowest BCUT2D eigenvalue weighted by molar-refractivity contribution is -0.122. The molecule has 0 aliphatic carbocycles. The molecule has 0 atom stereocenters. The van der Waals surface area contributed by atoms with Crippen molar-refractivity contribution in [2.45, 2.75) is 10.6 Å². The van der Waals surface area contributed by atoms with Gasteiger partial charge in [-0.3, -0.25) is 19.3 Å². The molecule has 6 nitrogen and oxygen atoms in total. The van der Waals surface area contributed by atoms with Crippen molar-refractivity contribution >= 4 is 46.7 Å². The van der Waals surface area contributed by atoms with Crippen molar-refractivity contribution in [2.75, 3.05) is 13.1 Å². The molecule has 2 aromatic carbocycles. The second-order valence-electron chi connectivity index (χ2n) is 6.97. The number of benzene rings is 2. The van der Waals surface area contributed by atoms with E-state index in [-0.39, 0.29) is 29.5 Å². The van der Waals surface area contributed by atoms with E-state index in [2.05, 4.69) is 5.32 Å². The molecular weight excluding hydrogens is 463 g/mol. The number of rotatable bonds is 8. The first-order chi connectivity index (χ1) is 16.0. The summed E-state index contributed by atoms with van der Waals surface area (Å²) in [5.74, 6) is 0.115. The van der Waals surface area contributed by atoms with Crippen molar-refractivity contribution in [1.82, 2.24) is 10.2 Å². The molecule has 4 rings (SSSR count). The molecule has 1 aromatic heterocycles. The third-order valence-corrected chi connectivity index (χ3v) is 6.77. The zero-order chi connectivity index (χ0) is 23.2. The molecular formula is C24H19FN2O4S2. The highest BCUT2D eigenvalue weighted by atomic mass is 32.2. The number of carbonyl (C=O) groups is 3. The van der Waals surface area contributed by atoms with E-state index < -0.39 is 17.0 Å². The number of halogens is 1. The van der Waals surface area contributed by atoms with E-state index in [0.29, 0.717) is 11.3 Å². The van der Waals surface area contributed by atoms with Gasteiger partial charge in [0.1, 0.15) is 11.6 Å². The molecule has 1 saturated heterocycles. The largest absolute Gasteiger partial charge is 0.468 e. The Labute approximate surface area is 198 Å². The number of amides is 3. The fourth-order valence-electron chi connectivity index (χ4n) is 3.13. The molecule has 1 aliphatic heterocycles. The highest BCUT2D eigenvalue weighted by Gasteiger charge is 2.34. The minimum absolute atomic E-state index is 0.0206. The van der Waals surface area contributed by atoms with Gasteiger partial charge in [0.05, 0.1) is 22.5 Å². The van der Waals surface area contributed by atoms with E-state index in [0.717, 1.165) is 27.3 Å². The Hall–Kier alpha value is -3.30. The Morgan fingerprint density at radius 2 is 1.88 bits per heavy atom. The van der Waals surface area contributed by atoms with E-state index in [1.165, 1.54) is 30.0 Å². The number of hydrogen-bond donors (Lipinski definition) is 1. The van der Waals surface area contributed by atoms with Crippen molar-refractivity contribution < 1.29 is 23.2 Å². The monoisotopic (exact) mass is 482 g/mol. The van der Waals surface area contributed by atoms with Gasteiger partial charge in [-0.1, -0.05) is 30.3 Å². The number of imide groups is 1. The lowest BCUT2D eigenvalue weighted by Gasteiger charge is -2.14. The van der Waals surface area contributed by atoms with Crippen LogP contribution in [-0.4, -0.2) is 35.0 Å². The van der Waals surface area contributed by atoms with Gasteiger partial charge in [0.25, 0.3) is 17.1 Å². The van der Waals surface area contributed by atoms with Crippen molar-refractivity contribution in [3.63, 3.8) is 0 Å². The summed E-state index contributed by atoms with van der Waals surface area (Å²) in [5, 5.41) is 2.31. The second kappa shape index (κ2) is 10.5. The molecule has 1 N–H and O–H groups in total. The Balaban J connectivity index is 1.35. The number of nitrogens with zero attached hydrogens (tertiary/aromatic N) is 1. The Kier molecular flexibility index (Phi) is 7.31. The SMILES string of the molecule is O=C(NCCN1C(=O)S/C(=C\c2ccccc2F)C1=O)c1ccccc1SCc1ccco1.